The summed E-state index contributed by atoms with van der Waals surface area (Å²) in [6, 6.07) is 0. The minimum atomic E-state index is -0.0853. The van der Waals surface area contributed by atoms with Crippen molar-refractivity contribution in [2.24, 2.45) is 0 Å². The highest BCUT2D eigenvalue weighted by molar-refractivity contribution is 4.50. The van der Waals surface area contributed by atoms with E-state index in [-0.39, 0.29) is 25.4 Å². The van der Waals surface area contributed by atoms with Gasteiger partial charge in [-0.2, -0.15) is 0 Å². The summed E-state index contributed by atoms with van der Waals surface area (Å²) >= 11 is 0. The number of unbranched alkanes of at least 4 members (excludes halogenated alkanes) is 1. The van der Waals surface area contributed by atoms with Crippen LogP contribution in [0.1, 0.15) is 40.5 Å². The number of aliphatic hydroxyl groups is 2. The molecule has 0 aliphatic heterocycles. The van der Waals surface area contributed by atoms with Crippen LogP contribution in [0, 0.1) is 0 Å². The molecule has 0 rings (SSSR count). The average Bonchev–Trinajstić information content (AvgIpc) is 2.52. The van der Waals surface area contributed by atoms with Crippen molar-refractivity contribution in [2.75, 3.05) is 52.9 Å². The Morgan fingerprint density at radius 1 is 0.818 bits per heavy atom. The van der Waals surface area contributed by atoms with Gasteiger partial charge in [0, 0.05) is 13.2 Å². The Labute approximate surface area is 135 Å². The molecule has 2 atom stereocenters. The van der Waals surface area contributed by atoms with Gasteiger partial charge in [0.1, 0.15) is 0 Å². The van der Waals surface area contributed by atoms with E-state index in [1.807, 2.05) is 20.8 Å². The normalized spacial score (nSPS) is 13.4. The predicted molar refractivity (Wildman–Crippen MR) is 87.2 cm³/mol. The molecule has 6 heteroatoms. The Kier molecular flexibility index (Phi) is 22.7. The molecule has 2 unspecified atom stereocenters. The maximum Gasteiger partial charge on any atom is 0.0780 e. The first-order valence-electron chi connectivity index (χ1n) is 8.22. The summed E-state index contributed by atoms with van der Waals surface area (Å²) in [5, 5.41) is 17.0. The third-order valence-electron chi connectivity index (χ3n) is 2.57. The van der Waals surface area contributed by atoms with Crippen LogP contribution in [-0.2, 0) is 18.9 Å². The third kappa shape index (κ3) is 22.0. The zero-order valence-corrected chi connectivity index (χ0v) is 14.8. The first kappa shape index (κ1) is 24.0. The lowest BCUT2D eigenvalue weighted by molar-refractivity contribution is -0.0424. The molecule has 0 aliphatic rings. The lowest BCUT2D eigenvalue weighted by atomic mass is 10.4. The highest BCUT2D eigenvalue weighted by Gasteiger charge is 2.04. The van der Waals surface area contributed by atoms with Gasteiger partial charge in [-0.25, -0.2) is 0 Å². The molecule has 2 N–H and O–H groups in total. The summed E-state index contributed by atoms with van der Waals surface area (Å²) in [5.74, 6) is 0. The number of ether oxygens (including phenoxy) is 4. The molecule has 22 heavy (non-hydrogen) atoms. The van der Waals surface area contributed by atoms with Gasteiger partial charge in [-0.05, 0) is 27.2 Å². The highest BCUT2D eigenvalue weighted by atomic mass is 16.5. The van der Waals surface area contributed by atoms with Crippen LogP contribution in [0.4, 0.5) is 0 Å². The zero-order chi connectivity index (χ0) is 17.1. The van der Waals surface area contributed by atoms with Crippen molar-refractivity contribution < 1.29 is 29.2 Å². The van der Waals surface area contributed by atoms with Crippen LogP contribution in [0.2, 0.25) is 0 Å². The molecule has 0 aliphatic carbocycles. The van der Waals surface area contributed by atoms with E-state index in [2.05, 4.69) is 6.92 Å². The molecule has 6 nitrogen and oxygen atoms in total. The molecule has 0 fully saturated rings. The molecule has 0 radical (unpaired) electrons. The lowest BCUT2D eigenvalue weighted by Crippen LogP contribution is -2.22. The second kappa shape index (κ2) is 20.8. The van der Waals surface area contributed by atoms with Gasteiger partial charge in [-0.3, -0.25) is 0 Å². The fourth-order valence-electron chi connectivity index (χ4n) is 1.32. The van der Waals surface area contributed by atoms with E-state index in [1.165, 1.54) is 0 Å². The fraction of sp³-hybridized carbons (Fsp3) is 1.00. The van der Waals surface area contributed by atoms with Gasteiger partial charge in [0.15, 0.2) is 0 Å². The molecule has 0 aromatic heterocycles. The van der Waals surface area contributed by atoms with E-state index in [9.17, 15) is 0 Å². The summed E-state index contributed by atoms with van der Waals surface area (Å²) in [6.07, 6.45) is 2.31. The van der Waals surface area contributed by atoms with E-state index < -0.39 is 0 Å². The summed E-state index contributed by atoms with van der Waals surface area (Å²) < 4.78 is 20.7. The molecule has 136 valence electrons. The molecule has 0 aromatic rings. The van der Waals surface area contributed by atoms with E-state index in [0.29, 0.717) is 33.0 Å². The molecule has 0 amide bonds. The lowest BCUT2D eigenvalue weighted by Gasteiger charge is -2.14. The van der Waals surface area contributed by atoms with Crippen molar-refractivity contribution >= 4 is 0 Å². The van der Waals surface area contributed by atoms with Crippen molar-refractivity contribution in [3.05, 3.63) is 0 Å². The average molecular weight is 324 g/mol. The van der Waals surface area contributed by atoms with Crippen LogP contribution in [0.25, 0.3) is 0 Å². The monoisotopic (exact) mass is 324 g/mol. The van der Waals surface area contributed by atoms with Crippen LogP contribution in [0.3, 0.4) is 0 Å². The Morgan fingerprint density at radius 3 is 1.95 bits per heavy atom. The van der Waals surface area contributed by atoms with E-state index in [1.54, 1.807) is 0 Å². The smallest absolute Gasteiger partial charge is 0.0780 e. The first-order valence-corrected chi connectivity index (χ1v) is 8.22. The molecule has 0 heterocycles. The Morgan fingerprint density at radius 2 is 1.45 bits per heavy atom. The minimum absolute atomic E-state index is 0.0683. The van der Waals surface area contributed by atoms with Crippen molar-refractivity contribution in [2.45, 2.75) is 52.7 Å². The molecule has 0 bridgehead atoms. The van der Waals surface area contributed by atoms with Gasteiger partial charge < -0.3 is 29.2 Å². The summed E-state index contributed by atoms with van der Waals surface area (Å²) in [4.78, 5) is 0. The minimum Gasteiger partial charge on any atom is -0.394 e. The van der Waals surface area contributed by atoms with Crippen LogP contribution >= 0.6 is 0 Å². The van der Waals surface area contributed by atoms with Gasteiger partial charge in [0.25, 0.3) is 0 Å². The van der Waals surface area contributed by atoms with Gasteiger partial charge in [0.2, 0.25) is 0 Å². The van der Waals surface area contributed by atoms with Crippen LogP contribution in [0.15, 0.2) is 0 Å². The van der Waals surface area contributed by atoms with Crippen molar-refractivity contribution in [1.82, 2.24) is 0 Å². The van der Waals surface area contributed by atoms with Gasteiger partial charge in [-0.1, -0.05) is 13.3 Å². The fourth-order valence-corrected chi connectivity index (χ4v) is 1.32. The summed E-state index contributed by atoms with van der Waals surface area (Å²) in [5.41, 5.74) is 0. The van der Waals surface area contributed by atoms with Crippen molar-refractivity contribution in [3.8, 4) is 0 Å². The molecular formula is C16H36O6. The SMILES string of the molecule is CCCCOCCOCCO.CCOC(C)COC(C)CO. The third-order valence-corrected chi connectivity index (χ3v) is 2.57. The standard InChI is InChI=1S/2C8H18O3/c1-4-10-8(3)6-11-7(2)5-9;1-2-3-5-10-7-8-11-6-4-9/h7-9H,4-6H2,1-3H3;9H,2-8H2,1H3. The number of hydrogen-bond donors (Lipinski definition) is 2. The number of rotatable bonds is 14. The Balaban J connectivity index is 0. The number of aliphatic hydroxyl groups excluding tert-OH is 2. The second-order valence-electron chi connectivity index (χ2n) is 4.89. The molecule has 0 spiro atoms. The largest absolute Gasteiger partial charge is 0.394 e. The maximum atomic E-state index is 8.61. The van der Waals surface area contributed by atoms with E-state index >= 15 is 0 Å². The van der Waals surface area contributed by atoms with Gasteiger partial charge in [-0.15, -0.1) is 0 Å². The Hall–Kier alpha value is -0.240. The zero-order valence-electron chi connectivity index (χ0n) is 14.8. The predicted octanol–water partition coefficient (Wildman–Crippen LogP) is 1.62. The highest BCUT2D eigenvalue weighted by Crippen LogP contribution is 1.95. The number of hydrogen-bond acceptors (Lipinski definition) is 6. The maximum absolute atomic E-state index is 8.61. The second-order valence-corrected chi connectivity index (χ2v) is 4.89. The van der Waals surface area contributed by atoms with E-state index in [0.717, 1.165) is 19.4 Å². The molecule has 0 saturated heterocycles. The van der Waals surface area contributed by atoms with Crippen LogP contribution in [-0.4, -0.2) is 75.3 Å². The summed E-state index contributed by atoms with van der Waals surface area (Å²) in [6.45, 7) is 11.7. The Bertz CT molecular complexity index is 183. The van der Waals surface area contributed by atoms with E-state index in [4.69, 9.17) is 29.2 Å². The van der Waals surface area contributed by atoms with Gasteiger partial charge in [0.05, 0.1) is 51.8 Å². The summed E-state index contributed by atoms with van der Waals surface area (Å²) in [7, 11) is 0. The van der Waals surface area contributed by atoms with Crippen molar-refractivity contribution in [3.63, 3.8) is 0 Å². The topological polar surface area (TPSA) is 77.4 Å². The van der Waals surface area contributed by atoms with Gasteiger partial charge >= 0.3 is 0 Å². The molecule has 0 aromatic carbocycles. The van der Waals surface area contributed by atoms with Crippen LogP contribution in [0.5, 0.6) is 0 Å². The first-order chi connectivity index (χ1) is 10.6. The molecular weight excluding hydrogens is 288 g/mol. The van der Waals surface area contributed by atoms with Crippen LogP contribution < -0.4 is 0 Å². The molecule has 0 saturated carbocycles. The van der Waals surface area contributed by atoms with Crippen molar-refractivity contribution in [1.29, 1.82) is 0 Å². The quantitative estimate of drug-likeness (QED) is 0.473.